The van der Waals surface area contributed by atoms with Crippen LogP contribution in [0.5, 0.6) is 0 Å². The van der Waals surface area contributed by atoms with Crippen molar-refractivity contribution in [2.45, 2.75) is 0 Å². The van der Waals surface area contributed by atoms with Crippen molar-refractivity contribution in [1.29, 1.82) is 0 Å². The Labute approximate surface area is 124 Å². The topological polar surface area (TPSA) is 45.8 Å². The molecule has 3 rings (SSSR count). The molecule has 0 aliphatic heterocycles. The molecule has 1 heterocycles. The number of nitrogens with zero attached hydrogens (tertiary/aromatic N) is 1. The maximum absolute atomic E-state index is 12.8. The highest BCUT2D eigenvalue weighted by molar-refractivity contribution is 6.31. The molecule has 0 saturated carbocycles. The fraction of sp³-hybridized carbons (Fsp3) is 0. The highest BCUT2D eigenvalue weighted by Crippen LogP contribution is 2.15. The number of halogens is 2. The van der Waals surface area contributed by atoms with Gasteiger partial charge in [0.25, 0.3) is 5.56 Å². The Bertz CT molecular complexity index is 885. The zero-order chi connectivity index (χ0) is 14.8. The molecular formula is C16H10ClFN2O. The highest BCUT2D eigenvalue weighted by atomic mass is 35.5. The minimum atomic E-state index is -0.290. The van der Waals surface area contributed by atoms with Crippen molar-refractivity contribution in [3.05, 3.63) is 75.0 Å². The van der Waals surface area contributed by atoms with Crippen LogP contribution in [0.4, 0.5) is 4.39 Å². The van der Waals surface area contributed by atoms with Gasteiger partial charge in [0.1, 0.15) is 11.6 Å². The fourth-order valence-electron chi connectivity index (χ4n) is 1.96. The van der Waals surface area contributed by atoms with E-state index in [1.54, 1.807) is 42.5 Å². The van der Waals surface area contributed by atoms with Gasteiger partial charge in [-0.25, -0.2) is 9.37 Å². The van der Waals surface area contributed by atoms with Crippen molar-refractivity contribution in [2.75, 3.05) is 0 Å². The highest BCUT2D eigenvalue weighted by Gasteiger charge is 2.02. The SMILES string of the molecule is O=c1[nH]c(C=Cc2ccc(F)cc2)nc2ccc(Cl)cc12. The van der Waals surface area contributed by atoms with Gasteiger partial charge in [-0.15, -0.1) is 0 Å². The number of H-pyrrole nitrogens is 1. The van der Waals surface area contributed by atoms with E-state index in [-0.39, 0.29) is 11.4 Å². The molecule has 2 aromatic carbocycles. The molecule has 0 saturated heterocycles. The second-order valence-corrected chi connectivity index (χ2v) is 4.93. The van der Waals surface area contributed by atoms with Crippen LogP contribution in [0.25, 0.3) is 23.1 Å². The number of rotatable bonds is 2. The molecule has 0 radical (unpaired) electrons. The molecule has 3 aromatic rings. The number of aromatic amines is 1. The third kappa shape index (κ3) is 3.01. The molecular weight excluding hydrogens is 291 g/mol. The molecule has 0 atom stereocenters. The van der Waals surface area contributed by atoms with Crippen LogP contribution in [-0.4, -0.2) is 9.97 Å². The van der Waals surface area contributed by atoms with Crippen molar-refractivity contribution in [3.63, 3.8) is 0 Å². The Balaban J connectivity index is 1.99. The minimum absolute atomic E-state index is 0.249. The van der Waals surface area contributed by atoms with Crippen LogP contribution in [0.2, 0.25) is 5.02 Å². The summed E-state index contributed by atoms with van der Waals surface area (Å²) in [4.78, 5) is 19.0. The number of fused-ring (bicyclic) bond motifs is 1. The first-order valence-electron chi connectivity index (χ1n) is 6.25. The van der Waals surface area contributed by atoms with E-state index in [0.29, 0.717) is 21.7 Å². The van der Waals surface area contributed by atoms with Gasteiger partial charge in [0.15, 0.2) is 0 Å². The molecule has 104 valence electrons. The van der Waals surface area contributed by atoms with Crippen LogP contribution in [0.15, 0.2) is 47.3 Å². The zero-order valence-corrected chi connectivity index (χ0v) is 11.6. The Morgan fingerprint density at radius 2 is 1.86 bits per heavy atom. The first-order chi connectivity index (χ1) is 10.1. The van der Waals surface area contributed by atoms with Crippen LogP contribution >= 0.6 is 11.6 Å². The lowest BCUT2D eigenvalue weighted by atomic mass is 10.2. The normalized spacial score (nSPS) is 11.3. The second kappa shape index (κ2) is 5.50. The first kappa shape index (κ1) is 13.5. The lowest BCUT2D eigenvalue weighted by molar-refractivity contribution is 0.628. The fourth-order valence-corrected chi connectivity index (χ4v) is 2.13. The van der Waals surface area contributed by atoms with E-state index in [4.69, 9.17) is 11.6 Å². The Kier molecular flexibility index (Phi) is 3.54. The van der Waals surface area contributed by atoms with Gasteiger partial charge in [-0.3, -0.25) is 4.79 Å². The summed E-state index contributed by atoms with van der Waals surface area (Å²) >= 11 is 5.86. The average molecular weight is 301 g/mol. The molecule has 21 heavy (non-hydrogen) atoms. The Morgan fingerprint density at radius 3 is 2.62 bits per heavy atom. The molecule has 0 spiro atoms. The van der Waals surface area contributed by atoms with E-state index in [1.807, 2.05) is 0 Å². The van der Waals surface area contributed by atoms with Gasteiger partial charge >= 0.3 is 0 Å². The first-order valence-corrected chi connectivity index (χ1v) is 6.63. The van der Waals surface area contributed by atoms with Gasteiger partial charge in [-0.1, -0.05) is 29.8 Å². The summed E-state index contributed by atoms with van der Waals surface area (Å²) in [7, 11) is 0. The van der Waals surface area contributed by atoms with Crippen LogP contribution in [-0.2, 0) is 0 Å². The van der Waals surface area contributed by atoms with Crippen LogP contribution in [0, 0.1) is 5.82 Å². The van der Waals surface area contributed by atoms with Crippen molar-refractivity contribution in [1.82, 2.24) is 9.97 Å². The molecule has 0 aliphatic rings. The summed E-state index contributed by atoms with van der Waals surface area (Å²) in [6.07, 6.45) is 3.42. The molecule has 5 heteroatoms. The molecule has 0 unspecified atom stereocenters. The summed E-state index contributed by atoms with van der Waals surface area (Å²) in [5.74, 6) is 0.139. The van der Waals surface area contributed by atoms with E-state index in [0.717, 1.165) is 5.56 Å². The van der Waals surface area contributed by atoms with Crippen LogP contribution < -0.4 is 5.56 Å². The lowest BCUT2D eigenvalue weighted by Gasteiger charge is -1.99. The quantitative estimate of drug-likeness (QED) is 0.780. The molecule has 0 amide bonds. The molecule has 1 aromatic heterocycles. The standard InChI is InChI=1S/C16H10ClFN2O/c17-11-4-7-14-13(9-11)16(21)20-15(19-14)8-3-10-1-5-12(18)6-2-10/h1-9H,(H,19,20,21). The Morgan fingerprint density at radius 1 is 1.10 bits per heavy atom. The number of hydrogen-bond acceptors (Lipinski definition) is 2. The Hall–Kier alpha value is -2.46. The van der Waals surface area contributed by atoms with Gasteiger partial charge < -0.3 is 4.98 Å². The minimum Gasteiger partial charge on any atom is -0.306 e. The monoisotopic (exact) mass is 300 g/mol. The summed E-state index contributed by atoms with van der Waals surface area (Å²) in [6.45, 7) is 0. The predicted molar refractivity (Wildman–Crippen MR) is 82.7 cm³/mol. The molecule has 0 aliphatic carbocycles. The third-order valence-electron chi connectivity index (χ3n) is 2.99. The third-order valence-corrected chi connectivity index (χ3v) is 3.22. The van der Waals surface area contributed by atoms with Gasteiger partial charge in [0.05, 0.1) is 10.9 Å². The van der Waals surface area contributed by atoms with Crippen molar-refractivity contribution < 1.29 is 4.39 Å². The van der Waals surface area contributed by atoms with E-state index in [1.165, 1.54) is 12.1 Å². The number of hydrogen-bond donors (Lipinski definition) is 1. The smallest absolute Gasteiger partial charge is 0.259 e. The zero-order valence-electron chi connectivity index (χ0n) is 10.8. The van der Waals surface area contributed by atoms with Gasteiger partial charge in [-0.2, -0.15) is 0 Å². The number of benzene rings is 2. The van der Waals surface area contributed by atoms with Gasteiger partial charge in [0, 0.05) is 5.02 Å². The number of nitrogens with one attached hydrogen (secondary N) is 1. The summed E-state index contributed by atoms with van der Waals surface area (Å²) in [5, 5.41) is 0.936. The van der Waals surface area contributed by atoms with Crippen molar-refractivity contribution in [2.24, 2.45) is 0 Å². The molecule has 3 nitrogen and oxygen atoms in total. The van der Waals surface area contributed by atoms with Crippen molar-refractivity contribution >= 4 is 34.7 Å². The average Bonchev–Trinajstić information content (AvgIpc) is 2.47. The largest absolute Gasteiger partial charge is 0.306 e. The van der Waals surface area contributed by atoms with E-state index in [9.17, 15) is 9.18 Å². The summed E-state index contributed by atoms with van der Waals surface area (Å²) < 4.78 is 12.8. The lowest BCUT2D eigenvalue weighted by Crippen LogP contribution is -2.09. The number of aromatic nitrogens is 2. The molecule has 1 N–H and O–H groups in total. The van der Waals surface area contributed by atoms with Crippen LogP contribution in [0.1, 0.15) is 11.4 Å². The van der Waals surface area contributed by atoms with Gasteiger partial charge in [0.2, 0.25) is 0 Å². The maximum atomic E-state index is 12.8. The van der Waals surface area contributed by atoms with Gasteiger partial charge in [-0.05, 0) is 42.0 Å². The summed E-state index contributed by atoms with van der Waals surface area (Å²) in [6, 6.07) is 11.0. The van der Waals surface area contributed by atoms with Crippen molar-refractivity contribution in [3.8, 4) is 0 Å². The molecule has 0 fully saturated rings. The van der Waals surface area contributed by atoms with E-state index >= 15 is 0 Å². The predicted octanol–water partition coefficient (Wildman–Crippen LogP) is 3.89. The maximum Gasteiger partial charge on any atom is 0.259 e. The summed E-state index contributed by atoms with van der Waals surface area (Å²) in [5.41, 5.74) is 1.14. The second-order valence-electron chi connectivity index (χ2n) is 4.50. The van der Waals surface area contributed by atoms with Crippen LogP contribution in [0.3, 0.4) is 0 Å². The van der Waals surface area contributed by atoms with E-state index < -0.39 is 0 Å². The van der Waals surface area contributed by atoms with E-state index in [2.05, 4.69) is 9.97 Å². The molecule has 0 bridgehead atoms.